The number of hydrogen-bond acceptors (Lipinski definition) is 3. The molecule has 1 fully saturated rings. The SMILES string of the molecule is C=C1CCCC[C@H]1[C@@H](NC(=O)OCc1ccccc1)C(=O)O. The van der Waals surface area contributed by atoms with Crippen LogP contribution in [0.1, 0.15) is 31.2 Å². The van der Waals surface area contributed by atoms with Gasteiger partial charge in [-0.3, -0.25) is 0 Å². The normalized spacial score (nSPS) is 19.3. The summed E-state index contributed by atoms with van der Waals surface area (Å²) in [7, 11) is 0. The van der Waals surface area contributed by atoms with Crippen LogP contribution in [0.5, 0.6) is 0 Å². The van der Waals surface area contributed by atoms with Crippen molar-refractivity contribution in [1.29, 1.82) is 0 Å². The molecule has 22 heavy (non-hydrogen) atoms. The van der Waals surface area contributed by atoms with E-state index in [0.29, 0.717) is 0 Å². The first kappa shape index (κ1) is 16.1. The molecule has 1 saturated carbocycles. The highest BCUT2D eigenvalue weighted by Gasteiger charge is 2.33. The molecule has 1 aromatic carbocycles. The van der Waals surface area contributed by atoms with Crippen LogP contribution >= 0.6 is 0 Å². The van der Waals surface area contributed by atoms with Gasteiger partial charge in [0.25, 0.3) is 0 Å². The lowest BCUT2D eigenvalue weighted by atomic mass is 9.80. The number of carboxylic acids is 1. The Morgan fingerprint density at radius 2 is 2.05 bits per heavy atom. The van der Waals surface area contributed by atoms with Crippen molar-refractivity contribution in [2.45, 2.75) is 38.3 Å². The molecular weight excluding hydrogens is 282 g/mol. The third-order valence-electron chi connectivity index (χ3n) is 3.94. The molecule has 1 aromatic rings. The van der Waals surface area contributed by atoms with Crippen molar-refractivity contribution in [2.75, 3.05) is 0 Å². The van der Waals surface area contributed by atoms with E-state index in [2.05, 4.69) is 11.9 Å². The zero-order valence-corrected chi connectivity index (χ0v) is 12.5. The van der Waals surface area contributed by atoms with Crippen LogP contribution in [-0.4, -0.2) is 23.2 Å². The Hall–Kier alpha value is -2.30. The monoisotopic (exact) mass is 303 g/mol. The zero-order valence-electron chi connectivity index (χ0n) is 12.5. The molecule has 0 saturated heterocycles. The van der Waals surface area contributed by atoms with Crippen LogP contribution in [0, 0.1) is 5.92 Å². The van der Waals surface area contributed by atoms with Crippen LogP contribution in [0.3, 0.4) is 0 Å². The summed E-state index contributed by atoms with van der Waals surface area (Å²) in [6.45, 7) is 4.06. The lowest BCUT2D eigenvalue weighted by molar-refractivity contribution is -0.140. The van der Waals surface area contributed by atoms with Gasteiger partial charge < -0.3 is 15.2 Å². The van der Waals surface area contributed by atoms with E-state index in [1.807, 2.05) is 30.3 Å². The first-order valence-corrected chi connectivity index (χ1v) is 7.45. The summed E-state index contributed by atoms with van der Waals surface area (Å²) in [5, 5.41) is 11.8. The molecule has 1 amide bonds. The van der Waals surface area contributed by atoms with Gasteiger partial charge in [0.05, 0.1) is 0 Å². The minimum atomic E-state index is -1.05. The second-order valence-corrected chi connectivity index (χ2v) is 5.53. The van der Waals surface area contributed by atoms with Crippen molar-refractivity contribution in [2.24, 2.45) is 5.92 Å². The highest BCUT2D eigenvalue weighted by Crippen LogP contribution is 2.30. The third-order valence-corrected chi connectivity index (χ3v) is 3.94. The molecule has 0 spiro atoms. The standard InChI is InChI=1S/C17H21NO4/c1-12-7-5-6-10-14(12)15(16(19)20)18-17(21)22-11-13-8-3-2-4-9-13/h2-4,8-9,14-15H,1,5-7,10-11H2,(H,18,21)(H,19,20)/t14-,15-/m1/s1. The van der Waals surface area contributed by atoms with Crippen LogP contribution in [-0.2, 0) is 16.1 Å². The number of amides is 1. The van der Waals surface area contributed by atoms with Gasteiger partial charge in [-0.2, -0.15) is 0 Å². The predicted octanol–water partition coefficient (Wildman–Crippen LogP) is 3.11. The third kappa shape index (κ3) is 4.35. The van der Waals surface area contributed by atoms with E-state index in [1.165, 1.54) is 0 Å². The summed E-state index contributed by atoms with van der Waals surface area (Å²) in [5.74, 6) is -1.28. The van der Waals surface area contributed by atoms with E-state index in [-0.39, 0.29) is 12.5 Å². The Balaban J connectivity index is 1.91. The van der Waals surface area contributed by atoms with E-state index < -0.39 is 18.1 Å². The van der Waals surface area contributed by atoms with Gasteiger partial charge in [0.2, 0.25) is 0 Å². The average molecular weight is 303 g/mol. The first-order chi connectivity index (χ1) is 10.6. The molecular formula is C17H21NO4. The van der Waals surface area contributed by atoms with Crippen LogP contribution in [0.2, 0.25) is 0 Å². The summed E-state index contributed by atoms with van der Waals surface area (Å²) in [5.41, 5.74) is 1.74. The fourth-order valence-corrected chi connectivity index (χ4v) is 2.73. The summed E-state index contributed by atoms with van der Waals surface area (Å²) >= 11 is 0. The number of carbonyl (C=O) groups excluding carboxylic acids is 1. The Morgan fingerprint density at radius 1 is 1.32 bits per heavy atom. The topological polar surface area (TPSA) is 75.6 Å². The van der Waals surface area contributed by atoms with Gasteiger partial charge in [-0.05, 0) is 24.8 Å². The van der Waals surface area contributed by atoms with Crippen LogP contribution in [0.4, 0.5) is 4.79 Å². The Kier molecular flexibility index (Phi) is 5.58. The van der Waals surface area contributed by atoms with E-state index in [1.54, 1.807) is 0 Å². The molecule has 0 aliphatic heterocycles. The number of alkyl carbamates (subject to hydrolysis) is 1. The van der Waals surface area contributed by atoms with E-state index in [9.17, 15) is 14.7 Å². The number of aliphatic carboxylic acids is 1. The number of hydrogen-bond donors (Lipinski definition) is 2. The Labute approximate surface area is 130 Å². The van der Waals surface area contributed by atoms with Crippen molar-refractivity contribution in [3.05, 3.63) is 48.0 Å². The molecule has 0 aromatic heterocycles. The largest absolute Gasteiger partial charge is 0.480 e. The molecule has 2 rings (SSSR count). The Morgan fingerprint density at radius 3 is 2.68 bits per heavy atom. The molecule has 0 unspecified atom stereocenters. The molecule has 2 N–H and O–H groups in total. The minimum Gasteiger partial charge on any atom is -0.480 e. The summed E-state index contributed by atoms with van der Waals surface area (Å²) in [6.07, 6.45) is 2.81. The van der Waals surface area contributed by atoms with Crippen molar-refractivity contribution < 1.29 is 19.4 Å². The van der Waals surface area contributed by atoms with E-state index in [4.69, 9.17) is 4.74 Å². The molecule has 0 radical (unpaired) electrons. The lowest BCUT2D eigenvalue weighted by Gasteiger charge is -2.29. The number of rotatable bonds is 5. The number of carboxylic acid groups (broad SMARTS) is 1. The number of benzene rings is 1. The molecule has 118 valence electrons. The zero-order chi connectivity index (χ0) is 15.9. The second kappa shape index (κ2) is 7.64. The maximum absolute atomic E-state index is 11.9. The Bertz CT molecular complexity index is 541. The van der Waals surface area contributed by atoms with Gasteiger partial charge in [-0.15, -0.1) is 0 Å². The quantitative estimate of drug-likeness (QED) is 0.820. The van der Waals surface area contributed by atoms with Crippen molar-refractivity contribution in [3.8, 4) is 0 Å². The highest BCUT2D eigenvalue weighted by atomic mass is 16.5. The van der Waals surface area contributed by atoms with E-state index in [0.717, 1.165) is 36.8 Å². The number of ether oxygens (including phenoxy) is 1. The van der Waals surface area contributed by atoms with E-state index >= 15 is 0 Å². The second-order valence-electron chi connectivity index (χ2n) is 5.53. The van der Waals surface area contributed by atoms with Crippen LogP contribution in [0.15, 0.2) is 42.5 Å². The summed E-state index contributed by atoms with van der Waals surface area (Å²) in [6, 6.07) is 8.27. The van der Waals surface area contributed by atoms with Crippen molar-refractivity contribution in [3.63, 3.8) is 0 Å². The highest BCUT2D eigenvalue weighted by molar-refractivity contribution is 5.80. The minimum absolute atomic E-state index is 0.116. The molecule has 0 bridgehead atoms. The maximum Gasteiger partial charge on any atom is 0.408 e. The van der Waals surface area contributed by atoms with Crippen molar-refractivity contribution in [1.82, 2.24) is 5.32 Å². The van der Waals surface area contributed by atoms with Gasteiger partial charge >= 0.3 is 12.1 Å². The fraction of sp³-hybridized carbons (Fsp3) is 0.412. The molecule has 5 heteroatoms. The number of nitrogens with one attached hydrogen (secondary N) is 1. The summed E-state index contributed by atoms with van der Waals surface area (Å²) < 4.78 is 5.09. The lowest BCUT2D eigenvalue weighted by Crippen LogP contribution is -2.47. The summed E-state index contributed by atoms with van der Waals surface area (Å²) in [4.78, 5) is 23.3. The molecule has 1 aliphatic carbocycles. The van der Waals surface area contributed by atoms with Gasteiger partial charge in [-0.1, -0.05) is 48.9 Å². The van der Waals surface area contributed by atoms with Gasteiger partial charge in [0, 0.05) is 5.92 Å². The van der Waals surface area contributed by atoms with Crippen molar-refractivity contribution >= 4 is 12.1 Å². The molecule has 1 aliphatic rings. The first-order valence-electron chi connectivity index (χ1n) is 7.45. The van der Waals surface area contributed by atoms with Crippen LogP contribution in [0.25, 0.3) is 0 Å². The fourth-order valence-electron chi connectivity index (χ4n) is 2.73. The van der Waals surface area contributed by atoms with Crippen LogP contribution < -0.4 is 5.32 Å². The molecule has 0 heterocycles. The van der Waals surface area contributed by atoms with Gasteiger partial charge in [-0.25, -0.2) is 9.59 Å². The maximum atomic E-state index is 11.9. The molecule has 5 nitrogen and oxygen atoms in total. The number of carbonyl (C=O) groups is 2. The predicted molar refractivity (Wildman–Crippen MR) is 82.3 cm³/mol. The molecule has 2 atom stereocenters. The smallest absolute Gasteiger partial charge is 0.408 e. The van der Waals surface area contributed by atoms with Gasteiger partial charge in [0.15, 0.2) is 0 Å². The average Bonchev–Trinajstić information content (AvgIpc) is 2.52. The van der Waals surface area contributed by atoms with Gasteiger partial charge in [0.1, 0.15) is 12.6 Å².